The average molecular weight is 354 g/mol. The normalized spacial score (nSPS) is 17.8. The third-order valence-electron chi connectivity index (χ3n) is 5.48. The molecule has 0 N–H and O–H groups in total. The average Bonchev–Trinajstić information content (AvgIpc) is 2.94. The zero-order chi connectivity index (χ0) is 17.4. The lowest BCUT2D eigenvalue weighted by Crippen LogP contribution is -2.38. The Balaban J connectivity index is 1.79. The molecule has 0 saturated heterocycles. The lowest BCUT2D eigenvalue weighted by atomic mass is 9.99. The molecule has 3 aromatic rings. The molecule has 3 heterocycles. The van der Waals surface area contributed by atoms with Crippen LogP contribution in [0.3, 0.4) is 0 Å². The van der Waals surface area contributed by atoms with Crippen LogP contribution < -0.4 is 0 Å². The molecule has 0 spiro atoms. The standard InChI is InChI=1S/C21H24ClN3/c1-3-24-14-18-17-7-4-8-19(22)21(17)25(20(18)12-15(24)2)11-9-16-6-5-10-23-13-16/h4-8,10,13,15H,3,9,11-12,14H2,1-2H3. The molecule has 25 heavy (non-hydrogen) atoms. The van der Waals surface area contributed by atoms with E-state index in [1.807, 2.05) is 24.5 Å². The summed E-state index contributed by atoms with van der Waals surface area (Å²) in [7, 11) is 0. The Morgan fingerprint density at radius 3 is 2.88 bits per heavy atom. The SMILES string of the molecule is CCN1Cc2c(n(CCc3cccnc3)c3c(Cl)cccc23)CC1C. The molecule has 130 valence electrons. The molecule has 0 bridgehead atoms. The lowest BCUT2D eigenvalue weighted by molar-refractivity contribution is 0.192. The Kier molecular flexibility index (Phi) is 4.53. The second kappa shape index (κ2) is 6.81. The van der Waals surface area contributed by atoms with E-state index in [2.05, 4.69) is 46.5 Å². The molecule has 0 amide bonds. The summed E-state index contributed by atoms with van der Waals surface area (Å²) in [5, 5.41) is 2.17. The summed E-state index contributed by atoms with van der Waals surface area (Å²) in [6.45, 7) is 7.63. The van der Waals surface area contributed by atoms with Crippen molar-refractivity contribution in [2.75, 3.05) is 6.54 Å². The smallest absolute Gasteiger partial charge is 0.0675 e. The van der Waals surface area contributed by atoms with E-state index in [4.69, 9.17) is 11.6 Å². The van der Waals surface area contributed by atoms with E-state index in [0.717, 1.165) is 37.5 Å². The third-order valence-corrected chi connectivity index (χ3v) is 5.79. The summed E-state index contributed by atoms with van der Waals surface area (Å²) in [5.41, 5.74) is 5.39. The fourth-order valence-electron chi connectivity index (χ4n) is 4.12. The molecule has 0 saturated carbocycles. The molecular weight excluding hydrogens is 330 g/mol. The summed E-state index contributed by atoms with van der Waals surface area (Å²) < 4.78 is 2.46. The highest BCUT2D eigenvalue weighted by Crippen LogP contribution is 2.36. The fraction of sp³-hybridized carbons (Fsp3) is 0.381. The largest absolute Gasteiger partial charge is 0.343 e. The van der Waals surface area contributed by atoms with Crippen molar-refractivity contribution in [1.29, 1.82) is 0 Å². The molecule has 0 aliphatic carbocycles. The molecule has 0 radical (unpaired) electrons. The van der Waals surface area contributed by atoms with Gasteiger partial charge in [-0.2, -0.15) is 0 Å². The van der Waals surface area contributed by atoms with Gasteiger partial charge in [-0.1, -0.05) is 36.7 Å². The van der Waals surface area contributed by atoms with Crippen molar-refractivity contribution < 1.29 is 0 Å². The second-order valence-electron chi connectivity index (χ2n) is 6.94. The van der Waals surface area contributed by atoms with Gasteiger partial charge < -0.3 is 4.57 Å². The fourth-order valence-corrected chi connectivity index (χ4v) is 4.40. The maximum Gasteiger partial charge on any atom is 0.0675 e. The number of fused-ring (bicyclic) bond motifs is 3. The number of pyridine rings is 1. The summed E-state index contributed by atoms with van der Waals surface area (Å²) in [4.78, 5) is 6.79. The molecular formula is C21H24ClN3. The summed E-state index contributed by atoms with van der Waals surface area (Å²) in [6.07, 6.45) is 5.85. The van der Waals surface area contributed by atoms with Crippen molar-refractivity contribution >= 4 is 22.5 Å². The van der Waals surface area contributed by atoms with Gasteiger partial charge in [0.05, 0.1) is 10.5 Å². The molecule has 1 aliphatic heterocycles. The van der Waals surface area contributed by atoms with E-state index in [1.54, 1.807) is 0 Å². The van der Waals surface area contributed by atoms with E-state index in [9.17, 15) is 0 Å². The first-order valence-corrected chi connectivity index (χ1v) is 9.48. The van der Waals surface area contributed by atoms with Gasteiger partial charge in [0.1, 0.15) is 0 Å². The zero-order valence-corrected chi connectivity index (χ0v) is 15.6. The van der Waals surface area contributed by atoms with E-state index in [1.165, 1.54) is 27.7 Å². The van der Waals surface area contributed by atoms with Gasteiger partial charge in [0, 0.05) is 49.0 Å². The van der Waals surface area contributed by atoms with Crippen LogP contribution in [0.5, 0.6) is 0 Å². The Labute approximate surface area is 154 Å². The quantitative estimate of drug-likeness (QED) is 0.678. The highest BCUT2D eigenvalue weighted by molar-refractivity contribution is 6.35. The maximum absolute atomic E-state index is 6.62. The number of benzene rings is 1. The number of aromatic nitrogens is 2. The Bertz CT molecular complexity index is 885. The van der Waals surface area contributed by atoms with E-state index in [0.29, 0.717) is 6.04 Å². The summed E-state index contributed by atoms with van der Waals surface area (Å²) >= 11 is 6.62. The number of para-hydroxylation sites is 1. The van der Waals surface area contributed by atoms with Crippen LogP contribution in [0, 0.1) is 0 Å². The van der Waals surface area contributed by atoms with Crippen molar-refractivity contribution in [1.82, 2.24) is 14.5 Å². The molecule has 1 aromatic carbocycles. The molecule has 1 atom stereocenters. The maximum atomic E-state index is 6.62. The molecule has 1 unspecified atom stereocenters. The minimum absolute atomic E-state index is 0.567. The third kappa shape index (κ3) is 2.96. The van der Waals surface area contributed by atoms with Crippen LogP contribution in [0.15, 0.2) is 42.7 Å². The van der Waals surface area contributed by atoms with Crippen LogP contribution in [0.4, 0.5) is 0 Å². The zero-order valence-electron chi connectivity index (χ0n) is 14.9. The minimum Gasteiger partial charge on any atom is -0.343 e. The number of nitrogens with zero attached hydrogens (tertiary/aromatic N) is 3. The van der Waals surface area contributed by atoms with Crippen LogP contribution >= 0.6 is 11.6 Å². The Morgan fingerprint density at radius 1 is 1.24 bits per heavy atom. The van der Waals surface area contributed by atoms with Crippen LogP contribution in [0.1, 0.15) is 30.7 Å². The van der Waals surface area contributed by atoms with Crippen molar-refractivity contribution in [3.8, 4) is 0 Å². The Morgan fingerprint density at radius 2 is 2.12 bits per heavy atom. The first-order valence-electron chi connectivity index (χ1n) is 9.10. The molecule has 1 aliphatic rings. The number of aryl methyl sites for hydroxylation is 2. The lowest BCUT2D eigenvalue weighted by Gasteiger charge is -2.33. The number of likely N-dealkylation sites (N-methyl/N-ethyl adjacent to an activating group) is 1. The van der Waals surface area contributed by atoms with Crippen LogP contribution in [-0.4, -0.2) is 27.0 Å². The van der Waals surface area contributed by atoms with Crippen molar-refractivity contribution in [3.63, 3.8) is 0 Å². The molecule has 4 heteroatoms. The molecule has 2 aromatic heterocycles. The van der Waals surface area contributed by atoms with Crippen molar-refractivity contribution in [3.05, 3.63) is 64.6 Å². The topological polar surface area (TPSA) is 21.1 Å². The number of hydrogen-bond acceptors (Lipinski definition) is 2. The van der Waals surface area contributed by atoms with Gasteiger partial charge in [0.15, 0.2) is 0 Å². The monoisotopic (exact) mass is 353 g/mol. The minimum atomic E-state index is 0.567. The predicted molar refractivity (Wildman–Crippen MR) is 104 cm³/mol. The molecule has 4 rings (SSSR count). The van der Waals surface area contributed by atoms with Gasteiger partial charge in [0.2, 0.25) is 0 Å². The summed E-state index contributed by atoms with van der Waals surface area (Å²) in [5.74, 6) is 0. The second-order valence-corrected chi connectivity index (χ2v) is 7.35. The van der Waals surface area contributed by atoms with E-state index < -0.39 is 0 Å². The highest BCUT2D eigenvalue weighted by atomic mass is 35.5. The first kappa shape index (κ1) is 16.6. The van der Waals surface area contributed by atoms with Gasteiger partial charge >= 0.3 is 0 Å². The van der Waals surface area contributed by atoms with Crippen molar-refractivity contribution in [2.45, 2.75) is 45.8 Å². The Hall–Kier alpha value is -1.84. The van der Waals surface area contributed by atoms with Crippen molar-refractivity contribution in [2.24, 2.45) is 0 Å². The first-order chi connectivity index (χ1) is 12.2. The molecule has 3 nitrogen and oxygen atoms in total. The number of rotatable bonds is 4. The van der Waals surface area contributed by atoms with Crippen LogP contribution in [-0.2, 0) is 25.9 Å². The van der Waals surface area contributed by atoms with Gasteiger partial charge in [-0.15, -0.1) is 0 Å². The highest BCUT2D eigenvalue weighted by Gasteiger charge is 2.28. The molecule has 0 fully saturated rings. The van der Waals surface area contributed by atoms with E-state index in [-0.39, 0.29) is 0 Å². The van der Waals surface area contributed by atoms with Gasteiger partial charge in [-0.05, 0) is 43.1 Å². The van der Waals surface area contributed by atoms with Crippen LogP contribution in [0.25, 0.3) is 10.9 Å². The van der Waals surface area contributed by atoms with Crippen LogP contribution in [0.2, 0.25) is 5.02 Å². The van der Waals surface area contributed by atoms with Gasteiger partial charge in [-0.3, -0.25) is 9.88 Å². The number of halogens is 1. The van der Waals surface area contributed by atoms with E-state index >= 15 is 0 Å². The van der Waals surface area contributed by atoms with Gasteiger partial charge in [0.25, 0.3) is 0 Å². The predicted octanol–water partition coefficient (Wildman–Crippen LogP) is 4.70. The number of hydrogen-bond donors (Lipinski definition) is 0. The van der Waals surface area contributed by atoms with Gasteiger partial charge in [-0.25, -0.2) is 0 Å². The summed E-state index contributed by atoms with van der Waals surface area (Å²) in [6, 6.07) is 11.0.